The van der Waals surface area contributed by atoms with E-state index in [1.54, 1.807) is 0 Å². The monoisotopic (exact) mass is 448 g/mol. The van der Waals surface area contributed by atoms with Crippen LogP contribution in [0.5, 0.6) is 0 Å². The standard InChI is InChI=1S/C27H28O6/c28-21-22(29)24(31-17-19-12-6-2-7-13-19)26-25(23(21)30-16-18-10-4-1-5-11-18)32-27(33-26)20-14-8-3-9-15-20/h1-15,21-29H,16-17H2/t21-,22-,23+,24+,25-,26+,27?/m0/s1. The lowest BCUT2D eigenvalue weighted by Gasteiger charge is -2.43. The molecule has 3 aromatic rings. The number of aliphatic hydroxyl groups is 2. The van der Waals surface area contributed by atoms with Crippen molar-refractivity contribution in [1.82, 2.24) is 0 Å². The van der Waals surface area contributed by atoms with Gasteiger partial charge in [0.25, 0.3) is 0 Å². The van der Waals surface area contributed by atoms with Crippen LogP contribution in [0.1, 0.15) is 23.0 Å². The van der Waals surface area contributed by atoms with E-state index < -0.39 is 42.9 Å². The molecule has 1 saturated heterocycles. The number of benzene rings is 3. The van der Waals surface area contributed by atoms with E-state index in [9.17, 15) is 10.2 Å². The number of ether oxygens (including phenoxy) is 4. The average molecular weight is 449 g/mol. The molecule has 3 aromatic carbocycles. The zero-order valence-corrected chi connectivity index (χ0v) is 18.1. The van der Waals surface area contributed by atoms with E-state index in [1.165, 1.54) is 0 Å². The van der Waals surface area contributed by atoms with Crippen molar-refractivity contribution >= 4 is 0 Å². The van der Waals surface area contributed by atoms with Crippen LogP contribution in [0.4, 0.5) is 0 Å². The predicted molar refractivity (Wildman–Crippen MR) is 121 cm³/mol. The predicted octanol–water partition coefficient (Wildman–Crippen LogP) is 3.38. The minimum atomic E-state index is -1.19. The minimum absolute atomic E-state index is 0.285. The van der Waals surface area contributed by atoms with Crippen molar-refractivity contribution in [2.75, 3.05) is 0 Å². The second-order valence-corrected chi connectivity index (χ2v) is 8.45. The van der Waals surface area contributed by atoms with Crippen LogP contribution in [0.15, 0.2) is 91.0 Å². The molecular formula is C27H28O6. The Balaban J connectivity index is 1.37. The second kappa shape index (κ2) is 10.1. The van der Waals surface area contributed by atoms with E-state index in [-0.39, 0.29) is 13.2 Å². The summed E-state index contributed by atoms with van der Waals surface area (Å²) in [7, 11) is 0. The van der Waals surface area contributed by atoms with Gasteiger partial charge in [0.05, 0.1) is 13.2 Å². The third-order valence-corrected chi connectivity index (χ3v) is 6.20. The number of fused-ring (bicyclic) bond motifs is 1. The molecule has 0 amide bonds. The summed E-state index contributed by atoms with van der Waals surface area (Å²) in [6.45, 7) is 0.570. The summed E-state index contributed by atoms with van der Waals surface area (Å²) in [6.07, 6.45) is -5.74. The Morgan fingerprint density at radius 1 is 0.576 bits per heavy atom. The molecule has 1 aliphatic carbocycles. The molecule has 2 fully saturated rings. The maximum Gasteiger partial charge on any atom is 0.184 e. The van der Waals surface area contributed by atoms with Crippen LogP contribution in [0.2, 0.25) is 0 Å². The van der Waals surface area contributed by atoms with Gasteiger partial charge in [-0.3, -0.25) is 0 Å². The first-order valence-electron chi connectivity index (χ1n) is 11.2. The highest BCUT2D eigenvalue weighted by molar-refractivity contribution is 5.19. The van der Waals surface area contributed by atoms with E-state index in [1.807, 2.05) is 91.0 Å². The fourth-order valence-corrected chi connectivity index (χ4v) is 4.47. The SMILES string of the molecule is O[C@H]1[C@H](O)[C@@H](OCc2ccccc2)[C@H]2OC(c3ccccc3)O[C@H]2[C@@H]1OCc1ccccc1. The van der Waals surface area contributed by atoms with Gasteiger partial charge >= 0.3 is 0 Å². The van der Waals surface area contributed by atoms with Crippen molar-refractivity contribution in [3.8, 4) is 0 Å². The summed E-state index contributed by atoms with van der Waals surface area (Å²) in [5.74, 6) is 0. The van der Waals surface area contributed by atoms with E-state index >= 15 is 0 Å². The number of rotatable bonds is 7. The Labute approximate surface area is 193 Å². The first-order valence-corrected chi connectivity index (χ1v) is 11.2. The summed E-state index contributed by atoms with van der Waals surface area (Å²) in [5, 5.41) is 22.0. The third kappa shape index (κ3) is 4.87. The van der Waals surface area contributed by atoms with Gasteiger partial charge in [-0.2, -0.15) is 0 Å². The minimum Gasteiger partial charge on any atom is -0.387 e. The molecule has 6 nitrogen and oxygen atoms in total. The summed E-state index contributed by atoms with van der Waals surface area (Å²) >= 11 is 0. The Bertz CT molecular complexity index is 935. The lowest BCUT2D eigenvalue weighted by atomic mass is 9.84. The normalized spacial score (nSPS) is 31.3. The molecule has 1 heterocycles. The maximum atomic E-state index is 11.0. The zero-order valence-electron chi connectivity index (χ0n) is 18.1. The highest BCUT2D eigenvalue weighted by atomic mass is 16.7. The van der Waals surface area contributed by atoms with Crippen molar-refractivity contribution in [2.45, 2.75) is 56.1 Å². The Morgan fingerprint density at radius 2 is 0.970 bits per heavy atom. The molecule has 2 aliphatic rings. The lowest BCUT2D eigenvalue weighted by Crippen LogP contribution is -2.63. The largest absolute Gasteiger partial charge is 0.387 e. The first kappa shape index (κ1) is 22.2. The Hall–Kier alpha value is -2.58. The molecule has 1 aliphatic heterocycles. The molecule has 33 heavy (non-hydrogen) atoms. The molecular weight excluding hydrogens is 420 g/mol. The van der Waals surface area contributed by atoms with Crippen molar-refractivity contribution in [2.24, 2.45) is 0 Å². The van der Waals surface area contributed by atoms with Gasteiger partial charge in [0, 0.05) is 5.56 Å². The van der Waals surface area contributed by atoms with Crippen LogP contribution in [0, 0.1) is 0 Å². The van der Waals surface area contributed by atoms with E-state index in [4.69, 9.17) is 18.9 Å². The first-order chi connectivity index (χ1) is 16.2. The lowest BCUT2D eigenvalue weighted by molar-refractivity contribution is -0.223. The fourth-order valence-electron chi connectivity index (χ4n) is 4.47. The average Bonchev–Trinajstić information content (AvgIpc) is 3.31. The molecule has 0 radical (unpaired) electrons. The molecule has 0 spiro atoms. The molecule has 5 rings (SSSR count). The van der Waals surface area contributed by atoms with Crippen LogP contribution in [-0.4, -0.2) is 46.8 Å². The second-order valence-electron chi connectivity index (χ2n) is 8.45. The van der Waals surface area contributed by atoms with Gasteiger partial charge in [-0.15, -0.1) is 0 Å². The van der Waals surface area contributed by atoms with E-state index in [0.29, 0.717) is 0 Å². The molecule has 0 bridgehead atoms. The fraction of sp³-hybridized carbons (Fsp3) is 0.333. The molecule has 2 N–H and O–H groups in total. The van der Waals surface area contributed by atoms with Crippen molar-refractivity contribution in [3.63, 3.8) is 0 Å². The topological polar surface area (TPSA) is 77.4 Å². The van der Waals surface area contributed by atoms with Gasteiger partial charge < -0.3 is 29.2 Å². The highest BCUT2D eigenvalue weighted by Crippen LogP contribution is 2.41. The Morgan fingerprint density at radius 3 is 1.39 bits per heavy atom. The number of aliphatic hydroxyl groups excluding tert-OH is 2. The Kier molecular flexibility index (Phi) is 6.83. The van der Waals surface area contributed by atoms with Crippen LogP contribution < -0.4 is 0 Å². The smallest absolute Gasteiger partial charge is 0.184 e. The van der Waals surface area contributed by atoms with Gasteiger partial charge in [-0.25, -0.2) is 0 Å². The molecule has 6 heteroatoms. The third-order valence-electron chi connectivity index (χ3n) is 6.20. The summed E-state index contributed by atoms with van der Waals surface area (Å²) in [6, 6.07) is 29.0. The number of hydrogen-bond donors (Lipinski definition) is 2. The summed E-state index contributed by atoms with van der Waals surface area (Å²) in [4.78, 5) is 0. The number of hydrogen-bond acceptors (Lipinski definition) is 6. The van der Waals surface area contributed by atoms with Crippen LogP contribution in [0.25, 0.3) is 0 Å². The molecule has 1 saturated carbocycles. The van der Waals surface area contributed by atoms with Gasteiger partial charge in [0.1, 0.15) is 36.6 Å². The zero-order chi connectivity index (χ0) is 22.6. The van der Waals surface area contributed by atoms with Gasteiger partial charge in [-0.1, -0.05) is 91.0 Å². The summed E-state index contributed by atoms with van der Waals surface area (Å²) in [5.41, 5.74) is 2.80. The van der Waals surface area contributed by atoms with Gasteiger partial charge in [0.15, 0.2) is 6.29 Å². The maximum absolute atomic E-state index is 11.0. The summed E-state index contributed by atoms with van der Waals surface area (Å²) < 4.78 is 24.7. The molecule has 172 valence electrons. The van der Waals surface area contributed by atoms with Crippen molar-refractivity contribution in [1.29, 1.82) is 0 Å². The van der Waals surface area contributed by atoms with Crippen molar-refractivity contribution in [3.05, 3.63) is 108 Å². The molecule has 7 atom stereocenters. The quantitative estimate of drug-likeness (QED) is 0.577. The van der Waals surface area contributed by atoms with Gasteiger partial charge in [-0.05, 0) is 11.1 Å². The van der Waals surface area contributed by atoms with Crippen LogP contribution >= 0.6 is 0 Å². The molecule has 1 unspecified atom stereocenters. The molecule has 0 aromatic heterocycles. The van der Waals surface area contributed by atoms with Crippen molar-refractivity contribution < 1.29 is 29.2 Å². The highest BCUT2D eigenvalue weighted by Gasteiger charge is 2.57. The van der Waals surface area contributed by atoms with Crippen LogP contribution in [0.3, 0.4) is 0 Å². The van der Waals surface area contributed by atoms with E-state index in [2.05, 4.69) is 0 Å². The van der Waals surface area contributed by atoms with Crippen LogP contribution in [-0.2, 0) is 32.2 Å². The van der Waals surface area contributed by atoms with Gasteiger partial charge in [0.2, 0.25) is 0 Å². The van der Waals surface area contributed by atoms with E-state index in [0.717, 1.165) is 16.7 Å².